The number of benzene rings is 1. The fourth-order valence-electron chi connectivity index (χ4n) is 4.19. The minimum Gasteiger partial charge on any atom is -0.333 e. The van der Waals surface area contributed by atoms with E-state index in [1.54, 1.807) is 0 Å². The van der Waals surface area contributed by atoms with E-state index < -0.39 is 0 Å². The molecule has 3 rings (SSSR count). The molecule has 2 fully saturated rings. The lowest BCUT2D eigenvalue weighted by Crippen LogP contribution is -2.48. The average molecular weight is 299 g/mol. The van der Waals surface area contributed by atoms with E-state index in [4.69, 9.17) is 0 Å². The number of hydrogen-bond donors (Lipinski definition) is 0. The van der Waals surface area contributed by atoms with Crippen LogP contribution in [-0.4, -0.2) is 22.9 Å². The maximum atomic E-state index is 13.2. The van der Waals surface area contributed by atoms with Gasteiger partial charge in [0, 0.05) is 17.6 Å². The molecule has 0 saturated heterocycles. The number of carbonyl (C=O) groups excluding carboxylic acids is 1. The molecule has 0 atom stereocenters. The maximum absolute atomic E-state index is 13.2. The first kappa shape index (κ1) is 15.6. The number of amides is 1. The van der Waals surface area contributed by atoms with Crippen LogP contribution >= 0.6 is 0 Å². The van der Waals surface area contributed by atoms with Crippen molar-refractivity contribution in [3.63, 3.8) is 0 Å². The van der Waals surface area contributed by atoms with Crippen molar-refractivity contribution in [2.75, 3.05) is 0 Å². The minimum absolute atomic E-state index is 0.277. The van der Waals surface area contributed by atoms with Gasteiger partial charge in [0.1, 0.15) is 0 Å². The monoisotopic (exact) mass is 299 g/mol. The molecular weight excluding hydrogens is 270 g/mol. The molecule has 0 spiro atoms. The normalized spacial score (nSPS) is 20.8. The second-order valence-electron chi connectivity index (χ2n) is 7.16. The van der Waals surface area contributed by atoms with Gasteiger partial charge in [-0.1, -0.05) is 56.2 Å². The summed E-state index contributed by atoms with van der Waals surface area (Å²) in [7, 11) is 0. The molecule has 0 heterocycles. The van der Waals surface area contributed by atoms with Gasteiger partial charge in [-0.25, -0.2) is 0 Å². The highest BCUT2D eigenvalue weighted by atomic mass is 16.2. The molecule has 0 N–H and O–H groups in total. The standard InChI is InChI=1S/C20H29NO/c1-16-12-14-17(15-13-16)20(22)21(18-8-4-2-5-9-18)19-10-6-3-7-11-19/h12-15,18-19H,2-11H2,1H3. The van der Waals surface area contributed by atoms with Crippen LogP contribution in [0, 0.1) is 6.92 Å². The van der Waals surface area contributed by atoms with Crippen molar-refractivity contribution in [2.24, 2.45) is 0 Å². The van der Waals surface area contributed by atoms with E-state index in [0.717, 1.165) is 5.56 Å². The van der Waals surface area contributed by atoms with Crippen molar-refractivity contribution in [3.05, 3.63) is 35.4 Å². The van der Waals surface area contributed by atoms with E-state index in [-0.39, 0.29) is 5.91 Å². The Morgan fingerprint density at radius 2 is 1.27 bits per heavy atom. The highest BCUT2D eigenvalue weighted by Gasteiger charge is 2.32. The predicted octanol–water partition coefficient (Wildman–Crippen LogP) is 5.10. The molecule has 0 radical (unpaired) electrons. The van der Waals surface area contributed by atoms with E-state index >= 15 is 0 Å². The first-order chi connectivity index (χ1) is 10.8. The third kappa shape index (κ3) is 3.53. The summed E-state index contributed by atoms with van der Waals surface area (Å²) < 4.78 is 0. The Balaban J connectivity index is 1.82. The summed E-state index contributed by atoms with van der Waals surface area (Å²) in [6.07, 6.45) is 12.6. The van der Waals surface area contributed by atoms with Gasteiger partial charge in [0.15, 0.2) is 0 Å². The molecule has 0 aliphatic heterocycles. The molecule has 2 nitrogen and oxygen atoms in total. The fraction of sp³-hybridized carbons (Fsp3) is 0.650. The zero-order valence-electron chi connectivity index (χ0n) is 13.9. The Hall–Kier alpha value is -1.31. The summed E-state index contributed by atoms with van der Waals surface area (Å²) in [6.45, 7) is 2.08. The van der Waals surface area contributed by atoms with Crippen LogP contribution in [-0.2, 0) is 0 Å². The van der Waals surface area contributed by atoms with Crippen molar-refractivity contribution in [1.29, 1.82) is 0 Å². The van der Waals surface area contributed by atoms with Crippen LogP contribution in [0.15, 0.2) is 24.3 Å². The molecule has 2 saturated carbocycles. The van der Waals surface area contributed by atoms with Crippen molar-refractivity contribution >= 4 is 5.91 Å². The van der Waals surface area contributed by atoms with Crippen LogP contribution in [0.25, 0.3) is 0 Å². The third-order valence-electron chi connectivity index (χ3n) is 5.47. The number of hydrogen-bond acceptors (Lipinski definition) is 1. The number of aryl methyl sites for hydroxylation is 1. The number of nitrogens with zero attached hydrogens (tertiary/aromatic N) is 1. The van der Waals surface area contributed by atoms with Gasteiger partial charge in [-0.15, -0.1) is 0 Å². The minimum atomic E-state index is 0.277. The highest BCUT2D eigenvalue weighted by molar-refractivity contribution is 5.94. The van der Waals surface area contributed by atoms with Gasteiger partial charge in [-0.3, -0.25) is 4.79 Å². The van der Waals surface area contributed by atoms with Gasteiger partial charge in [-0.2, -0.15) is 0 Å². The first-order valence-corrected chi connectivity index (χ1v) is 9.15. The number of carbonyl (C=O) groups is 1. The summed E-state index contributed by atoms with van der Waals surface area (Å²) in [5.74, 6) is 0.277. The molecule has 2 aliphatic rings. The molecule has 0 aromatic heterocycles. The van der Waals surface area contributed by atoms with Crippen molar-refractivity contribution in [2.45, 2.75) is 83.2 Å². The summed E-state index contributed by atoms with van der Waals surface area (Å²) in [6, 6.07) is 9.10. The molecular formula is C20H29NO. The van der Waals surface area contributed by atoms with Crippen LogP contribution in [0.1, 0.15) is 80.1 Å². The van der Waals surface area contributed by atoms with Crippen LogP contribution in [0.3, 0.4) is 0 Å². The third-order valence-corrected chi connectivity index (χ3v) is 5.47. The first-order valence-electron chi connectivity index (χ1n) is 9.15. The molecule has 1 aromatic carbocycles. The Morgan fingerprint density at radius 1 is 0.818 bits per heavy atom. The second kappa shape index (κ2) is 7.30. The summed E-state index contributed by atoms with van der Waals surface area (Å²) in [4.78, 5) is 15.5. The van der Waals surface area contributed by atoms with Crippen molar-refractivity contribution in [3.8, 4) is 0 Å². The lowest BCUT2D eigenvalue weighted by molar-refractivity contribution is 0.0448. The topological polar surface area (TPSA) is 20.3 Å². The van der Waals surface area contributed by atoms with E-state index in [1.807, 2.05) is 12.1 Å². The highest BCUT2D eigenvalue weighted by Crippen LogP contribution is 2.31. The Kier molecular flexibility index (Phi) is 5.17. The molecule has 120 valence electrons. The zero-order valence-corrected chi connectivity index (χ0v) is 13.9. The van der Waals surface area contributed by atoms with Gasteiger partial charge >= 0.3 is 0 Å². The fourth-order valence-corrected chi connectivity index (χ4v) is 4.19. The van der Waals surface area contributed by atoms with Crippen LogP contribution < -0.4 is 0 Å². The molecule has 1 aromatic rings. The quantitative estimate of drug-likeness (QED) is 0.760. The molecule has 0 unspecified atom stereocenters. The van der Waals surface area contributed by atoms with E-state index in [9.17, 15) is 4.79 Å². The van der Waals surface area contributed by atoms with Gasteiger partial charge in [0.25, 0.3) is 5.91 Å². The van der Waals surface area contributed by atoms with E-state index in [0.29, 0.717) is 12.1 Å². The summed E-state index contributed by atoms with van der Waals surface area (Å²) >= 11 is 0. The molecule has 0 bridgehead atoms. The largest absolute Gasteiger partial charge is 0.333 e. The lowest BCUT2D eigenvalue weighted by Gasteiger charge is -2.42. The SMILES string of the molecule is Cc1ccc(C(=O)N(C2CCCCC2)C2CCCCC2)cc1. The van der Waals surface area contributed by atoms with Gasteiger partial charge < -0.3 is 4.90 Å². The molecule has 1 amide bonds. The second-order valence-corrected chi connectivity index (χ2v) is 7.16. The van der Waals surface area contributed by atoms with Crippen molar-refractivity contribution in [1.82, 2.24) is 4.90 Å². The van der Waals surface area contributed by atoms with E-state index in [2.05, 4.69) is 24.0 Å². The molecule has 22 heavy (non-hydrogen) atoms. The average Bonchev–Trinajstić information content (AvgIpc) is 2.57. The van der Waals surface area contributed by atoms with Gasteiger partial charge in [-0.05, 0) is 44.7 Å². The predicted molar refractivity (Wildman–Crippen MR) is 91.1 cm³/mol. The van der Waals surface area contributed by atoms with Crippen LogP contribution in [0.4, 0.5) is 0 Å². The molecule has 2 aliphatic carbocycles. The smallest absolute Gasteiger partial charge is 0.254 e. The Bertz CT molecular complexity index is 463. The van der Waals surface area contributed by atoms with Crippen molar-refractivity contribution < 1.29 is 4.79 Å². The van der Waals surface area contributed by atoms with Gasteiger partial charge in [0.05, 0.1) is 0 Å². The van der Waals surface area contributed by atoms with Crippen LogP contribution in [0.2, 0.25) is 0 Å². The lowest BCUT2D eigenvalue weighted by atomic mass is 9.88. The van der Waals surface area contributed by atoms with E-state index in [1.165, 1.54) is 69.8 Å². The summed E-state index contributed by atoms with van der Waals surface area (Å²) in [5.41, 5.74) is 2.10. The maximum Gasteiger partial charge on any atom is 0.254 e. The Labute approximate surface area is 134 Å². The summed E-state index contributed by atoms with van der Waals surface area (Å²) in [5, 5.41) is 0. The number of rotatable bonds is 3. The molecule has 2 heteroatoms. The zero-order chi connectivity index (χ0) is 15.4. The van der Waals surface area contributed by atoms with Gasteiger partial charge in [0.2, 0.25) is 0 Å². The van der Waals surface area contributed by atoms with Crippen LogP contribution in [0.5, 0.6) is 0 Å². The Morgan fingerprint density at radius 3 is 1.73 bits per heavy atom.